The summed E-state index contributed by atoms with van der Waals surface area (Å²) in [4.78, 5) is 51.0. The van der Waals surface area contributed by atoms with Gasteiger partial charge in [-0.15, -0.1) is 23.5 Å². The summed E-state index contributed by atoms with van der Waals surface area (Å²) in [7, 11) is 0. The number of amides is 3. The van der Waals surface area contributed by atoms with E-state index in [-0.39, 0.29) is 30.4 Å². The van der Waals surface area contributed by atoms with Crippen LogP contribution in [0.2, 0.25) is 15.1 Å². The third-order valence-electron chi connectivity index (χ3n) is 5.60. The summed E-state index contributed by atoms with van der Waals surface area (Å²) in [6.07, 6.45) is 3.37. The molecule has 3 amide bonds. The highest BCUT2D eigenvalue weighted by atomic mass is 35.5. The van der Waals surface area contributed by atoms with Gasteiger partial charge in [-0.25, -0.2) is 4.79 Å². The van der Waals surface area contributed by atoms with Crippen molar-refractivity contribution in [2.24, 2.45) is 5.73 Å². The zero-order chi connectivity index (χ0) is 27.6. The number of anilines is 1. The van der Waals surface area contributed by atoms with Gasteiger partial charge in [-0.05, 0) is 18.2 Å². The van der Waals surface area contributed by atoms with Gasteiger partial charge in [0.2, 0.25) is 11.8 Å². The molecule has 0 bridgehead atoms. The summed E-state index contributed by atoms with van der Waals surface area (Å²) >= 11 is 20.6. The first-order valence-electron chi connectivity index (χ1n) is 11.0. The van der Waals surface area contributed by atoms with Crippen LogP contribution in [0.4, 0.5) is 5.69 Å². The van der Waals surface area contributed by atoms with Crippen molar-refractivity contribution in [3.8, 4) is 0 Å². The van der Waals surface area contributed by atoms with Gasteiger partial charge < -0.3 is 21.5 Å². The Balaban J connectivity index is 1.42. The molecule has 1 aromatic carbocycles. The lowest BCUT2D eigenvalue weighted by Gasteiger charge is -2.49. The molecule has 0 saturated carbocycles. The van der Waals surface area contributed by atoms with Crippen molar-refractivity contribution < 1.29 is 28.9 Å². The number of nitrogens with one attached hydrogen (secondary N) is 2. The number of hydrogen-bond acceptors (Lipinski definition) is 7. The van der Waals surface area contributed by atoms with Crippen LogP contribution in [0.25, 0.3) is 0 Å². The summed E-state index contributed by atoms with van der Waals surface area (Å²) < 4.78 is 1.71. The number of nitrogens with two attached hydrogens (primary N) is 1. The van der Waals surface area contributed by atoms with Crippen LogP contribution in [0.15, 0.2) is 52.8 Å². The number of halogens is 3. The molecule has 4 rings (SSSR count). The lowest BCUT2D eigenvalue weighted by Crippen LogP contribution is -2.70. The maximum atomic E-state index is 12.9. The Labute approximate surface area is 240 Å². The Bertz CT molecular complexity index is 1360. The minimum atomic E-state index is -1.23. The molecule has 5 N–H and O–H groups in total. The van der Waals surface area contributed by atoms with Gasteiger partial charge in [0.15, 0.2) is 18.9 Å². The number of carbonyl (C=O) groups excluding carboxylic acids is 3. The molecule has 1 fully saturated rings. The van der Waals surface area contributed by atoms with Crippen LogP contribution in [0.5, 0.6) is 0 Å². The number of β-lactam (4-membered cyclic amide) rings is 1. The van der Waals surface area contributed by atoms with Crippen LogP contribution in [0, 0.1) is 0 Å². The first-order valence-corrected chi connectivity index (χ1v) is 14.2. The minimum Gasteiger partial charge on any atom is -0.477 e. The van der Waals surface area contributed by atoms with Crippen LogP contribution in [-0.4, -0.2) is 63.2 Å². The topological polar surface area (TPSA) is 146 Å². The summed E-state index contributed by atoms with van der Waals surface area (Å²) in [5.41, 5.74) is 6.25. The highest BCUT2D eigenvalue weighted by Crippen LogP contribution is 2.40. The Hall–Kier alpha value is -2.48. The number of pyridine rings is 1. The van der Waals surface area contributed by atoms with Crippen LogP contribution in [-0.2, 0) is 25.7 Å². The largest absolute Gasteiger partial charge is 0.477 e. The number of hydrogen-bond donors (Lipinski definition) is 4. The summed E-state index contributed by atoms with van der Waals surface area (Å²) in [5.74, 6) is -2.20. The molecular weight excluding hydrogens is 597 g/mol. The molecule has 15 heteroatoms. The molecule has 3 heterocycles. The lowest BCUT2D eigenvalue weighted by molar-refractivity contribution is -0.688. The van der Waals surface area contributed by atoms with E-state index >= 15 is 0 Å². The standard InChI is InChI=1S/C23H20Cl3N5O5S2/c24-13-4-15(26)16(5-14(13)25)37-10-18(33)29-19-21(34)31-20(23(35)36)11(9-38-22(19)31)7-30-3-1-2-12(8-30)28-17(32)6-27/h1-5,8,19,22H,6-7,9-10,27H2,(H2-,28,29,32,33,35,36)/p+1/t19-,22-/m1/s1. The zero-order valence-corrected chi connectivity index (χ0v) is 23.4. The molecule has 2 atom stereocenters. The Morgan fingerprint density at radius 2 is 1.92 bits per heavy atom. The van der Waals surface area contributed by atoms with Gasteiger partial charge in [-0.2, -0.15) is 4.57 Å². The predicted molar refractivity (Wildman–Crippen MR) is 146 cm³/mol. The van der Waals surface area contributed by atoms with E-state index in [1.54, 1.807) is 35.2 Å². The Morgan fingerprint density at radius 3 is 2.63 bits per heavy atom. The van der Waals surface area contributed by atoms with Crippen LogP contribution >= 0.6 is 58.3 Å². The second kappa shape index (κ2) is 12.1. The highest BCUT2D eigenvalue weighted by Gasteiger charge is 2.54. The monoisotopic (exact) mass is 616 g/mol. The van der Waals surface area contributed by atoms with Gasteiger partial charge >= 0.3 is 5.97 Å². The SMILES string of the molecule is NCC(=O)Nc1ccc[n+](CC2=C(C(=O)O)N3C(=O)[C@@H](NC(=O)CSc4cc(Cl)c(Cl)cc4Cl)[C@H]3SC2)c1. The average molecular weight is 618 g/mol. The fraction of sp³-hybridized carbons (Fsp3) is 0.261. The number of nitrogens with zero attached hydrogens (tertiary/aromatic N) is 2. The molecule has 2 aliphatic rings. The summed E-state index contributed by atoms with van der Waals surface area (Å²) in [5, 5.41) is 15.7. The van der Waals surface area contributed by atoms with Crippen molar-refractivity contribution in [1.82, 2.24) is 10.2 Å². The summed E-state index contributed by atoms with van der Waals surface area (Å²) in [6.45, 7) is 0.0213. The van der Waals surface area contributed by atoms with Crippen molar-refractivity contribution in [2.45, 2.75) is 22.9 Å². The smallest absolute Gasteiger partial charge is 0.352 e. The Morgan fingerprint density at radius 1 is 1.18 bits per heavy atom. The molecule has 0 spiro atoms. The number of carboxylic acid groups (broad SMARTS) is 1. The van der Waals surface area contributed by atoms with Crippen molar-refractivity contribution in [3.63, 3.8) is 0 Å². The molecule has 2 aliphatic heterocycles. The van der Waals surface area contributed by atoms with E-state index in [4.69, 9.17) is 40.5 Å². The number of rotatable bonds is 9. The van der Waals surface area contributed by atoms with Crippen LogP contribution in [0.3, 0.4) is 0 Å². The first kappa shape index (κ1) is 28.5. The molecular formula is C23H21Cl3N5O5S2+. The van der Waals surface area contributed by atoms with Gasteiger partial charge in [-0.1, -0.05) is 34.8 Å². The van der Waals surface area contributed by atoms with Crippen LogP contribution < -0.4 is 20.9 Å². The van der Waals surface area contributed by atoms with Crippen LogP contribution in [0.1, 0.15) is 0 Å². The number of carboxylic acids is 1. The molecule has 10 nitrogen and oxygen atoms in total. The molecule has 38 heavy (non-hydrogen) atoms. The first-order chi connectivity index (χ1) is 18.1. The van der Waals surface area contributed by atoms with E-state index in [2.05, 4.69) is 10.6 Å². The van der Waals surface area contributed by atoms with E-state index in [1.807, 2.05) is 0 Å². The van der Waals surface area contributed by atoms with Gasteiger partial charge in [0.05, 0.1) is 27.4 Å². The van der Waals surface area contributed by atoms with E-state index in [0.717, 1.165) is 11.8 Å². The maximum absolute atomic E-state index is 12.9. The second-order valence-electron chi connectivity index (χ2n) is 8.21. The van der Waals surface area contributed by atoms with Gasteiger partial charge in [0.1, 0.15) is 22.8 Å². The molecule has 1 saturated heterocycles. The third-order valence-corrected chi connectivity index (χ3v) is 9.14. The average Bonchev–Trinajstić information content (AvgIpc) is 2.88. The van der Waals surface area contributed by atoms with Crippen molar-refractivity contribution >= 4 is 87.7 Å². The predicted octanol–water partition coefficient (Wildman–Crippen LogP) is 2.36. The van der Waals surface area contributed by atoms with Crippen molar-refractivity contribution in [1.29, 1.82) is 0 Å². The Kier molecular flexibility index (Phi) is 9.11. The van der Waals surface area contributed by atoms with E-state index in [1.165, 1.54) is 22.7 Å². The molecule has 0 unspecified atom stereocenters. The van der Waals surface area contributed by atoms with Gasteiger partial charge in [0.25, 0.3) is 5.91 Å². The number of aliphatic carboxylic acids is 1. The fourth-order valence-corrected chi connectivity index (χ4v) is 6.78. The van der Waals surface area contributed by atoms with Crippen molar-refractivity contribution in [3.05, 3.63) is 63.0 Å². The molecule has 2 aromatic rings. The third kappa shape index (κ3) is 6.22. The van der Waals surface area contributed by atoms with Gasteiger partial charge in [-0.3, -0.25) is 19.3 Å². The number of fused-ring (bicyclic) bond motifs is 1. The quantitative estimate of drug-likeness (QED) is 0.145. The molecule has 1 aromatic heterocycles. The van der Waals surface area contributed by atoms with E-state index in [9.17, 15) is 24.3 Å². The number of aromatic nitrogens is 1. The number of carbonyl (C=O) groups is 4. The minimum absolute atomic E-state index is 0.0284. The number of benzene rings is 1. The fourth-order valence-electron chi connectivity index (χ4n) is 3.90. The molecule has 0 radical (unpaired) electrons. The molecule has 200 valence electrons. The van der Waals surface area contributed by atoms with Gasteiger partial charge in [0, 0.05) is 22.3 Å². The van der Waals surface area contributed by atoms with E-state index in [0.29, 0.717) is 37.0 Å². The second-order valence-corrected chi connectivity index (χ2v) is 11.6. The van der Waals surface area contributed by atoms with E-state index < -0.39 is 29.2 Å². The number of thioether (sulfide) groups is 2. The molecule has 0 aliphatic carbocycles. The zero-order valence-electron chi connectivity index (χ0n) is 19.4. The maximum Gasteiger partial charge on any atom is 0.352 e. The lowest BCUT2D eigenvalue weighted by atomic mass is 10.0. The van der Waals surface area contributed by atoms with Crippen molar-refractivity contribution in [2.75, 3.05) is 23.4 Å². The summed E-state index contributed by atoms with van der Waals surface area (Å²) in [6, 6.07) is 5.58. The normalized spacial score (nSPS) is 18.5. The highest BCUT2D eigenvalue weighted by molar-refractivity contribution is 8.00.